The summed E-state index contributed by atoms with van der Waals surface area (Å²) in [5.74, 6) is -0.563. The highest BCUT2D eigenvalue weighted by atomic mass is 35.5. The Labute approximate surface area is 150 Å². The smallest absolute Gasteiger partial charge is 0.242 e. The van der Waals surface area contributed by atoms with Crippen LogP contribution in [0.1, 0.15) is 23.8 Å². The molecule has 1 unspecified atom stereocenters. The summed E-state index contributed by atoms with van der Waals surface area (Å²) in [5, 5.41) is 1.88. The number of rotatable bonds is 6. The molecule has 1 N–H and O–H groups in total. The van der Waals surface area contributed by atoms with E-state index in [-0.39, 0.29) is 22.5 Å². The van der Waals surface area contributed by atoms with E-state index in [9.17, 15) is 12.8 Å². The van der Waals surface area contributed by atoms with Crippen LogP contribution in [0.4, 0.5) is 4.39 Å². The molecule has 4 nitrogen and oxygen atoms in total. The van der Waals surface area contributed by atoms with Gasteiger partial charge in [-0.3, -0.25) is 4.90 Å². The Morgan fingerprint density at radius 2 is 2.04 bits per heavy atom. The van der Waals surface area contributed by atoms with Crippen LogP contribution in [-0.2, 0) is 10.0 Å². The van der Waals surface area contributed by atoms with Gasteiger partial charge in [0.1, 0.15) is 10.7 Å². The molecule has 8 heteroatoms. The van der Waals surface area contributed by atoms with Crippen LogP contribution in [0.3, 0.4) is 0 Å². The molecule has 1 aromatic carbocycles. The normalized spacial score (nSPS) is 17.2. The third kappa shape index (κ3) is 3.97. The van der Waals surface area contributed by atoms with Crippen molar-refractivity contribution < 1.29 is 12.8 Å². The number of hydrogen-bond donors (Lipinski definition) is 1. The van der Waals surface area contributed by atoms with Crippen molar-refractivity contribution in [3.05, 3.63) is 51.4 Å². The van der Waals surface area contributed by atoms with Crippen LogP contribution in [0, 0.1) is 5.82 Å². The molecule has 0 bridgehead atoms. The summed E-state index contributed by atoms with van der Waals surface area (Å²) in [6.45, 7) is 2.18. The average Bonchev–Trinajstić information content (AvgIpc) is 3.20. The van der Waals surface area contributed by atoms with Crippen molar-refractivity contribution in [3.63, 3.8) is 0 Å². The minimum Gasteiger partial charge on any atom is -0.294 e. The van der Waals surface area contributed by atoms with Gasteiger partial charge in [0.15, 0.2) is 0 Å². The summed E-state index contributed by atoms with van der Waals surface area (Å²) in [4.78, 5) is 3.32. The zero-order valence-corrected chi connectivity index (χ0v) is 15.3. The van der Waals surface area contributed by atoms with Crippen LogP contribution in [0.25, 0.3) is 0 Å². The van der Waals surface area contributed by atoms with E-state index < -0.39 is 15.8 Å². The van der Waals surface area contributed by atoms with E-state index in [0.717, 1.165) is 42.9 Å². The summed E-state index contributed by atoms with van der Waals surface area (Å²) >= 11 is 7.51. The van der Waals surface area contributed by atoms with Gasteiger partial charge in [0.25, 0.3) is 0 Å². The van der Waals surface area contributed by atoms with E-state index >= 15 is 0 Å². The van der Waals surface area contributed by atoms with Crippen LogP contribution >= 0.6 is 22.9 Å². The Bertz CT molecular complexity index is 790. The van der Waals surface area contributed by atoms with Crippen molar-refractivity contribution in [2.75, 3.05) is 19.6 Å². The first-order chi connectivity index (χ1) is 11.5. The zero-order chi connectivity index (χ0) is 17.2. The van der Waals surface area contributed by atoms with Crippen LogP contribution < -0.4 is 4.72 Å². The maximum absolute atomic E-state index is 13.1. The van der Waals surface area contributed by atoms with Gasteiger partial charge in [-0.25, -0.2) is 17.5 Å². The molecule has 0 aliphatic carbocycles. The molecule has 130 valence electrons. The highest BCUT2D eigenvalue weighted by Gasteiger charge is 2.27. The topological polar surface area (TPSA) is 49.4 Å². The quantitative estimate of drug-likeness (QED) is 0.821. The highest BCUT2D eigenvalue weighted by Crippen LogP contribution is 2.29. The Kier molecular flexibility index (Phi) is 5.56. The van der Waals surface area contributed by atoms with Gasteiger partial charge in [-0.15, -0.1) is 11.3 Å². The number of likely N-dealkylation sites (tertiary alicyclic amines) is 1. The van der Waals surface area contributed by atoms with E-state index in [0.29, 0.717) is 0 Å². The molecule has 3 rings (SSSR count). The van der Waals surface area contributed by atoms with Crippen molar-refractivity contribution in [1.29, 1.82) is 0 Å². The molecule has 1 aliphatic heterocycles. The standard InChI is InChI=1S/C16H18ClFN2O2S2/c17-13-10-12(18)5-6-16(13)24(21,22)19-11-14(15-4-3-9-23-15)20-7-1-2-8-20/h3-6,9-10,14,19H,1-2,7-8,11H2. The van der Waals surface area contributed by atoms with E-state index in [1.807, 2.05) is 17.5 Å². The fourth-order valence-corrected chi connectivity index (χ4v) is 5.33. The number of sulfonamides is 1. The van der Waals surface area contributed by atoms with E-state index in [4.69, 9.17) is 11.6 Å². The molecular weight excluding hydrogens is 371 g/mol. The number of nitrogens with zero attached hydrogens (tertiary/aromatic N) is 1. The van der Waals surface area contributed by atoms with Crippen molar-refractivity contribution in [2.45, 2.75) is 23.8 Å². The van der Waals surface area contributed by atoms with Gasteiger partial charge >= 0.3 is 0 Å². The lowest BCUT2D eigenvalue weighted by Crippen LogP contribution is -2.36. The van der Waals surface area contributed by atoms with Crippen molar-refractivity contribution in [3.8, 4) is 0 Å². The number of hydrogen-bond acceptors (Lipinski definition) is 4. The monoisotopic (exact) mass is 388 g/mol. The molecule has 0 amide bonds. The Morgan fingerprint density at radius 3 is 2.67 bits per heavy atom. The van der Waals surface area contributed by atoms with Crippen LogP contribution in [-0.4, -0.2) is 33.0 Å². The third-order valence-electron chi connectivity index (χ3n) is 4.10. The first-order valence-electron chi connectivity index (χ1n) is 7.69. The minimum atomic E-state index is -3.79. The predicted molar refractivity (Wildman–Crippen MR) is 94.5 cm³/mol. The fourth-order valence-electron chi connectivity index (χ4n) is 2.90. The SMILES string of the molecule is O=S(=O)(NCC(c1cccs1)N1CCCC1)c1ccc(F)cc1Cl. The zero-order valence-electron chi connectivity index (χ0n) is 12.9. The average molecular weight is 389 g/mol. The minimum absolute atomic E-state index is 0.00139. The van der Waals surface area contributed by atoms with Crippen molar-refractivity contribution in [1.82, 2.24) is 9.62 Å². The van der Waals surface area contributed by atoms with Crippen LogP contribution in [0.5, 0.6) is 0 Å². The molecule has 1 fully saturated rings. The second-order valence-corrected chi connectivity index (χ2v) is 8.82. The molecule has 1 aliphatic rings. The Morgan fingerprint density at radius 1 is 1.29 bits per heavy atom. The molecule has 1 atom stereocenters. The van der Waals surface area contributed by atoms with E-state index in [1.165, 1.54) is 6.07 Å². The lowest BCUT2D eigenvalue weighted by Gasteiger charge is -2.26. The first-order valence-corrected chi connectivity index (χ1v) is 10.4. The molecular formula is C16H18ClFN2O2S2. The molecule has 1 aromatic heterocycles. The molecule has 0 radical (unpaired) electrons. The van der Waals surface area contributed by atoms with Gasteiger partial charge < -0.3 is 0 Å². The lowest BCUT2D eigenvalue weighted by atomic mass is 10.2. The maximum atomic E-state index is 13.1. The summed E-state index contributed by atoms with van der Waals surface area (Å²) in [7, 11) is -3.79. The fraction of sp³-hybridized carbons (Fsp3) is 0.375. The molecule has 2 aromatic rings. The van der Waals surface area contributed by atoms with Crippen LogP contribution in [0.2, 0.25) is 5.02 Å². The third-order valence-corrected chi connectivity index (χ3v) is 6.98. The van der Waals surface area contributed by atoms with Gasteiger partial charge in [0, 0.05) is 11.4 Å². The van der Waals surface area contributed by atoms with Gasteiger partial charge in [0.2, 0.25) is 10.0 Å². The molecule has 1 saturated heterocycles. The highest BCUT2D eigenvalue weighted by molar-refractivity contribution is 7.89. The van der Waals surface area contributed by atoms with Crippen molar-refractivity contribution in [2.24, 2.45) is 0 Å². The Hall–Kier alpha value is -0.990. The maximum Gasteiger partial charge on any atom is 0.242 e. The first kappa shape index (κ1) is 17.8. The van der Waals surface area contributed by atoms with Crippen molar-refractivity contribution >= 4 is 33.0 Å². The summed E-state index contributed by atoms with van der Waals surface area (Å²) in [6.07, 6.45) is 2.25. The number of benzene rings is 1. The Balaban J connectivity index is 1.78. The van der Waals surface area contributed by atoms with E-state index in [2.05, 4.69) is 9.62 Å². The summed E-state index contributed by atoms with van der Waals surface area (Å²) < 4.78 is 40.8. The predicted octanol–water partition coefficient (Wildman–Crippen LogP) is 3.66. The summed E-state index contributed by atoms with van der Waals surface area (Å²) in [6, 6.07) is 7.28. The molecule has 0 spiro atoms. The van der Waals surface area contributed by atoms with Gasteiger partial charge in [-0.05, 0) is 55.6 Å². The van der Waals surface area contributed by atoms with Gasteiger partial charge in [-0.1, -0.05) is 17.7 Å². The number of nitrogens with one attached hydrogen (secondary N) is 1. The summed E-state index contributed by atoms with van der Waals surface area (Å²) in [5.41, 5.74) is 0. The largest absolute Gasteiger partial charge is 0.294 e. The van der Waals surface area contributed by atoms with Gasteiger partial charge in [-0.2, -0.15) is 0 Å². The lowest BCUT2D eigenvalue weighted by molar-refractivity contribution is 0.250. The van der Waals surface area contributed by atoms with E-state index in [1.54, 1.807) is 11.3 Å². The second-order valence-electron chi connectivity index (χ2n) is 5.70. The van der Waals surface area contributed by atoms with Crippen LogP contribution in [0.15, 0.2) is 40.6 Å². The molecule has 24 heavy (non-hydrogen) atoms. The molecule has 2 heterocycles. The van der Waals surface area contributed by atoms with Gasteiger partial charge in [0.05, 0.1) is 11.1 Å². The number of halogens is 2. The molecule has 0 saturated carbocycles. The number of thiophene rings is 1. The second kappa shape index (κ2) is 7.49.